The van der Waals surface area contributed by atoms with Gasteiger partial charge in [0.25, 0.3) is 0 Å². The Balaban J connectivity index is 1.86. The van der Waals surface area contributed by atoms with Crippen LogP contribution in [-0.2, 0) is 0 Å². The summed E-state index contributed by atoms with van der Waals surface area (Å²) in [6, 6.07) is 0.767. The highest BCUT2D eigenvalue weighted by Gasteiger charge is 2.17. The smallest absolute Gasteiger partial charge is 0.00413 e. The Morgan fingerprint density at radius 1 is 1.00 bits per heavy atom. The van der Waals surface area contributed by atoms with E-state index in [1.165, 1.54) is 70.8 Å². The van der Waals surface area contributed by atoms with Crippen molar-refractivity contribution >= 4 is 0 Å². The number of nitrogens with one attached hydrogen (secondary N) is 1. The summed E-state index contributed by atoms with van der Waals surface area (Å²) in [7, 11) is 0. The molecule has 0 aromatic heterocycles. The Hall–Kier alpha value is -0.0400. The highest BCUT2D eigenvalue weighted by molar-refractivity contribution is 4.74. The molecule has 96 valence electrons. The summed E-state index contributed by atoms with van der Waals surface area (Å²) < 4.78 is 0. The van der Waals surface area contributed by atoms with Gasteiger partial charge in [-0.25, -0.2) is 0 Å². The van der Waals surface area contributed by atoms with Gasteiger partial charge in [-0.05, 0) is 32.2 Å². The molecule has 1 rings (SSSR count). The fourth-order valence-corrected chi connectivity index (χ4v) is 2.89. The van der Waals surface area contributed by atoms with Gasteiger partial charge >= 0.3 is 0 Å². The van der Waals surface area contributed by atoms with E-state index in [-0.39, 0.29) is 0 Å². The molecule has 1 aliphatic heterocycles. The zero-order valence-corrected chi connectivity index (χ0v) is 11.4. The number of hydrogen-bond acceptors (Lipinski definition) is 1. The summed E-state index contributed by atoms with van der Waals surface area (Å²) in [5, 5.41) is 3.54. The minimum absolute atomic E-state index is 0.767. The minimum Gasteiger partial charge on any atom is -0.314 e. The SMILES string of the molecule is CCCCCCCCCC1CCNC(C)C1. The fourth-order valence-electron chi connectivity index (χ4n) is 2.89. The van der Waals surface area contributed by atoms with E-state index < -0.39 is 0 Å². The molecule has 0 amide bonds. The molecule has 1 heteroatoms. The number of rotatable bonds is 8. The molecule has 1 N–H and O–H groups in total. The Morgan fingerprint density at radius 3 is 2.38 bits per heavy atom. The van der Waals surface area contributed by atoms with Crippen LogP contribution in [0.2, 0.25) is 0 Å². The summed E-state index contributed by atoms with van der Waals surface area (Å²) in [6.07, 6.45) is 14.5. The van der Waals surface area contributed by atoms with Crippen molar-refractivity contribution in [3.8, 4) is 0 Å². The van der Waals surface area contributed by atoms with Gasteiger partial charge in [0.05, 0.1) is 0 Å². The molecule has 0 aromatic rings. The summed E-state index contributed by atoms with van der Waals surface area (Å²) >= 11 is 0. The lowest BCUT2D eigenvalue weighted by Gasteiger charge is -2.27. The van der Waals surface area contributed by atoms with Crippen molar-refractivity contribution in [2.45, 2.75) is 84.1 Å². The number of hydrogen-bond donors (Lipinski definition) is 1. The van der Waals surface area contributed by atoms with Gasteiger partial charge in [0.2, 0.25) is 0 Å². The summed E-state index contributed by atoms with van der Waals surface area (Å²) in [4.78, 5) is 0. The predicted molar refractivity (Wildman–Crippen MR) is 72.8 cm³/mol. The first kappa shape index (κ1) is 14.0. The molecule has 0 radical (unpaired) electrons. The van der Waals surface area contributed by atoms with Gasteiger partial charge < -0.3 is 5.32 Å². The van der Waals surface area contributed by atoms with Crippen molar-refractivity contribution in [3.63, 3.8) is 0 Å². The maximum atomic E-state index is 3.54. The molecule has 1 nitrogen and oxygen atoms in total. The lowest BCUT2D eigenvalue weighted by molar-refractivity contribution is 0.293. The maximum absolute atomic E-state index is 3.54. The van der Waals surface area contributed by atoms with Gasteiger partial charge in [0, 0.05) is 6.04 Å². The van der Waals surface area contributed by atoms with Crippen LogP contribution >= 0.6 is 0 Å². The molecule has 0 bridgehead atoms. The molecule has 1 aliphatic rings. The minimum atomic E-state index is 0.767. The van der Waals surface area contributed by atoms with Crippen LogP contribution in [0.15, 0.2) is 0 Å². The average molecular weight is 225 g/mol. The van der Waals surface area contributed by atoms with Crippen molar-refractivity contribution in [2.75, 3.05) is 6.54 Å². The van der Waals surface area contributed by atoms with Gasteiger partial charge in [0.1, 0.15) is 0 Å². The van der Waals surface area contributed by atoms with Crippen LogP contribution in [0.3, 0.4) is 0 Å². The van der Waals surface area contributed by atoms with E-state index in [4.69, 9.17) is 0 Å². The Labute approximate surface area is 102 Å². The molecule has 0 aliphatic carbocycles. The second kappa shape index (κ2) is 9.04. The third-order valence-electron chi connectivity index (χ3n) is 3.95. The van der Waals surface area contributed by atoms with Crippen LogP contribution < -0.4 is 5.32 Å². The van der Waals surface area contributed by atoms with Crippen LogP contribution in [0.4, 0.5) is 0 Å². The highest BCUT2D eigenvalue weighted by Crippen LogP contribution is 2.22. The van der Waals surface area contributed by atoms with E-state index in [9.17, 15) is 0 Å². The van der Waals surface area contributed by atoms with Gasteiger partial charge in [-0.2, -0.15) is 0 Å². The zero-order chi connectivity index (χ0) is 11.6. The van der Waals surface area contributed by atoms with Crippen molar-refractivity contribution < 1.29 is 0 Å². The Bertz CT molecular complexity index is 156. The second-order valence-electron chi connectivity index (χ2n) is 5.66. The first-order chi connectivity index (χ1) is 7.83. The number of unbranched alkanes of at least 4 members (excludes halogenated alkanes) is 6. The third-order valence-corrected chi connectivity index (χ3v) is 3.95. The van der Waals surface area contributed by atoms with Gasteiger partial charge in [-0.3, -0.25) is 0 Å². The topological polar surface area (TPSA) is 12.0 Å². The van der Waals surface area contributed by atoms with Gasteiger partial charge in [-0.1, -0.05) is 58.3 Å². The molecule has 0 saturated carbocycles. The summed E-state index contributed by atoms with van der Waals surface area (Å²) in [5.41, 5.74) is 0. The van der Waals surface area contributed by atoms with Crippen molar-refractivity contribution in [2.24, 2.45) is 5.92 Å². The Morgan fingerprint density at radius 2 is 1.69 bits per heavy atom. The van der Waals surface area contributed by atoms with Crippen molar-refractivity contribution in [3.05, 3.63) is 0 Å². The molecule has 16 heavy (non-hydrogen) atoms. The van der Waals surface area contributed by atoms with E-state index in [1.54, 1.807) is 0 Å². The van der Waals surface area contributed by atoms with E-state index in [0.29, 0.717) is 0 Å². The molecule has 1 saturated heterocycles. The molecular weight excluding hydrogens is 194 g/mol. The fraction of sp³-hybridized carbons (Fsp3) is 1.00. The number of piperidine rings is 1. The van der Waals surface area contributed by atoms with Gasteiger partial charge in [0.15, 0.2) is 0 Å². The maximum Gasteiger partial charge on any atom is 0.00413 e. The Kier molecular flexibility index (Phi) is 7.92. The highest BCUT2D eigenvalue weighted by atomic mass is 14.9. The second-order valence-corrected chi connectivity index (χ2v) is 5.66. The summed E-state index contributed by atoms with van der Waals surface area (Å²) in [5.74, 6) is 1.02. The first-order valence-corrected chi connectivity index (χ1v) is 7.56. The lowest BCUT2D eigenvalue weighted by atomic mass is 9.88. The van der Waals surface area contributed by atoms with Crippen LogP contribution in [-0.4, -0.2) is 12.6 Å². The van der Waals surface area contributed by atoms with E-state index in [0.717, 1.165) is 12.0 Å². The first-order valence-electron chi connectivity index (χ1n) is 7.56. The van der Waals surface area contributed by atoms with E-state index in [2.05, 4.69) is 19.2 Å². The summed E-state index contributed by atoms with van der Waals surface area (Å²) in [6.45, 7) is 5.87. The van der Waals surface area contributed by atoms with Gasteiger partial charge in [-0.15, -0.1) is 0 Å². The molecule has 0 spiro atoms. The van der Waals surface area contributed by atoms with Crippen LogP contribution in [0.5, 0.6) is 0 Å². The average Bonchev–Trinajstić information content (AvgIpc) is 2.28. The monoisotopic (exact) mass is 225 g/mol. The molecular formula is C15H31N. The standard InChI is InChI=1S/C15H31N/c1-3-4-5-6-7-8-9-10-15-11-12-16-14(2)13-15/h14-16H,3-13H2,1-2H3. The molecule has 0 aromatic carbocycles. The third kappa shape index (κ3) is 6.52. The van der Waals surface area contributed by atoms with Crippen molar-refractivity contribution in [1.82, 2.24) is 5.32 Å². The molecule has 1 fully saturated rings. The lowest BCUT2D eigenvalue weighted by Crippen LogP contribution is -2.35. The molecule has 2 unspecified atom stereocenters. The van der Waals surface area contributed by atoms with Crippen molar-refractivity contribution in [1.29, 1.82) is 0 Å². The predicted octanol–water partition coefficient (Wildman–Crippen LogP) is 4.52. The van der Waals surface area contributed by atoms with Crippen LogP contribution in [0, 0.1) is 5.92 Å². The largest absolute Gasteiger partial charge is 0.314 e. The molecule has 1 heterocycles. The molecule has 2 atom stereocenters. The van der Waals surface area contributed by atoms with E-state index >= 15 is 0 Å². The normalized spacial score (nSPS) is 25.9. The van der Waals surface area contributed by atoms with E-state index in [1.807, 2.05) is 0 Å². The van der Waals surface area contributed by atoms with Crippen LogP contribution in [0.1, 0.15) is 78.1 Å². The van der Waals surface area contributed by atoms with Crippen LogP contribution in [0.25, 0.3) is 0 Å². The quantitative estimate of drug-likeness (QED) is 0.599. The zero-order valence-electron chi connectivity index (χ0n) is 11.4.